The molecule has 59 heavy (non-hydrogen) atoms. The second-order valence-electron chi connectivity index (χ2n) is 14.5. The Morgan fingerprint density at radius 1 is 0.542 bits per heavy atom. The highest BCUT2D eigenvalue weighted by Gasteiger charge is 2.53. The number of aromatic nitrogens is 2. The summed E-state index contributed by atoms with van der Waals surface area (Å²) in [5.41, 5.74) is 4.10. The average Bonchev–Trinajstić information content (AvgIpc) is 3.77. The van der Waals surface area contributed by atoms with E-state index in [2.05, 4.69) is 41.4 Å². The molecule has 1 N–H and O–H groups in total. The standard InChI is InChI=1S/C50H39Cl3N2O4/c51-40-31-42-43(32-41(40)52)55(48(53)54-42)47-46(59-50(37-25-13-4-14-26-37,38-27-15-5-16-28-38)39-29-17-6-18-30-39)45(56)44(58-47)33-57-49(34-19-7-1-8-20-34,35-21-9-2-10-22-35)36-23-11-3-12-24-36/h1-32,44-47,56H,33H2/t44-,45-,46-,47-/m1/s1. The van der Waals surface area contributed by atoms with Gasteiger partial charge in [-0.1, -0.05) is 205 Å². The number of rotatable bonds is 12. The Bertz CT molecular complexity index is 2440. The van der Waals surface area contributed by atoms with E-state index < -0.39 is 35.7 Å². The van der Waals surface area contributed by atoms with Crippen LogP contribution in [0.15, 0.2) is 194 Å². The summed E-state index contributed by atoms with van der Waals surface area (Å²) < 4.78 is 23.6. The Labute approximate surface area is 358 Å². The highest BCUT2D eigenvalue weighted by molar-refractivity contribution is 6.42. The SMILES string of the molecule is O[C@H]1[C@@H](OC(c2ccccc2)(c2ccccc2)c2ccccc2)[C@H](n2c(Cl)nc3cc(Cl)c(Cl)cc32)O[C@@H]1COC(c1ccccc1)(c1ccccc1)c1ccccc1. The number of hydrogen-bond acceptors (Lipinski definition) is 5. The Morgan fingerprint density at radius 2 is 0.915 bits per heavy atom. The van der Waals surface area contributed by atoms with Gasteiger partial charge in [-0.2, -0.15) is 0 Å². The summed E-state index contributed by atoms with van der Waals surface area (Å²) in [4.78, 5) is 4.66. The Morgan fingerprint density at radius 3 is 1.32 bits per heavy atom. The van der Waals surface area contributed by atoms with Gasteiger partial charge in [0.25, 0.3) is 0 Å². The largest absolute Gasteiger partial charge is 0.387 e. The van der Waals surface area contributed by atoms with Crippen LogP contribution in [0.1, 0.15) is 39.6 Å². The molecule has 4 atom stereocenters. The maximum Gasteiger partial charge on any atom is 0.206 e. The zero-order chi connectivity index (χ0) is 40.4. The van der Waals surface area contributed by atoms with E-state index in [0.29, 0.717) is 21.1 Å². The van der Waals surface area contributed by atoms with Gasteiger partial charge in [0, 0.05) is 0 Å². The minimum atomic E-state index is -1.24. The average molecular weight is 838 g/mol. The van der Waals surface area contributed by atoms with E-state index in [1.165, 1.54) is 0 Å². The molecule has 1 aromatic heterocycles. The van der Waals surface area contributed by atoms with Crippen molar-refractivity contribution < 1.29 is 19.3 Å². The first-order valence-electron chi connectivity index (χ1n) is 19.4. The smallest absolute Gasteiger partial charge is 0.206 e. The zero-order valence-electron chi connectivity index (χ0n) is 31.7. The van der Waals surface area contributed by atoms with Crippen molar-refractivity contribution in [3.8, 4) is 0 Å². The minimum absolute atomic E-state index is 0.0396. The molecule has 6 nitrogen and oxygen atoms in total. The number of benzene rings is 7. The van der Waals surface area contributed by atoms with Gasteiger partial charge in [0.2, 0.25) is 5.28 Å². The monoisotopic (exact) mass is 836 g/mol. The molecule has 8 aromatic rings. The lowest BCUT2D eigenvalue weighted by Crippen LogP contribution is -2.45. The fourth-order valence-electron chi connectivity index (χ4n) is 8.40. The van der Waals surface area contributed by atoms with Crippen molar-refractivity contribution in [2.75, 3.05) is 6.61 Å². The van der Waals surface area contributed by atoms with Crippen LogP contribution in [0.3, 0.4) is 0 Å². The van der Waals surface area contributed by atoms with Crippen LogP contribution < -0.4 is 0 Å². The molecule has 9 rings (SSSR count). The van der Waals surface area contributed by atoms with Crippen molar-refractivity contribution in [2.24, 2.45) is 0 Å². The fraction of sp³-hybridized carbons (Fsp3) is 0.140. The van der Waals surface area contributed by atoms with Gasteiger partial charge in [0.05, 0.1) is 27.7 Å². The number of ether oxygens (including phenoxy) is 3. The molecule has 0 unspecified atom stereocenters. The first-order valence-corrected chi connectivity index (χ1v) is 20.5. The molecule has 0 spiro atoms. The molecule has 0 saturated carbocycles. The number of aliphatic hydroxyl groups excluding tert-OH is 1. The van der Waals surface area contributed by atoms with Crippen molar-refractivity contribution in [1.29, 1.82) is 0 Å². The summed E-state index contributed by atoms with van der Waals surface area (Å²) in [6.07, 6.45) is -4.22. The fourth-order valence-corrected chi connectivity index (χ4v) is 8.99. The molecule has 7 aromatic carbocycles. The molecule has 0 radical (unpaired) electrons. The van der Waals surface area contributed by atoms with E-state index in [-0.39, 0.29) is 11.9 Å². The number of nitrogens with zero attached hydrogens (tertiary/aromatic N) is 2. The van der Waals surface area contributed by atoms with Crippen LogP contribution in [0.4, 0.5) is 0 Å². The van der Waals surface area contributed by atoms with Crippen molar-refractivity contribution in [1.82, 2.24) is 9.55 Å². The van der Waals surface area contributed by atoms with Crippen LogP contribution in [-0.2, 0) is 25.4 Å². The number of imidazole rings is 1. The lowest BCUT2D eigenvalue weighted by Gasteiger charge is -2.40. The van der Waals surface area contributed by atoms with E-state index in [4.69, 9.17) is 49.0 Å². The second kappa shape index (κ2) is 16.8. The quantitative estimate of drug-likeness (QED) is 0.124. The topological polar surface area (TPSA) is 65.7 Å². The van der Waals surface area contributed by atoms with E-state index in [1.54, 1.807) is 16.7 Å². The van der Waals surface area contributed by atoms with E-state index in [0.717, 1.165) is 33.4 Å². The van der Waals surface area contributed by atoms with E-state index in [9.17, 15) is 5.11 Å². The normalized spacial score (nSPS) is 18.3. The van der Waals surface area contributed by atoms with Gasteiger partial charge < -0.3 is 19.3 Å². The summed E-state index contributed by atoms with van der Waals surface area (Å²) in [7, 11) is 0. The van der Waals surface area contributed by atoms with Crippen LogP contribution in [0, 0.1) is 0 Å². The van der Waals surface area contributed by atoms with Crippen LogP contribution in [0.25, 0.3) is 11.0 Å². The first kappa shape index (κ1) is 39.2. The number of fused-ring (bicyclic) bond motifs is 1. The molecule has 2 heterocycles. The predicted octanol–water partition coefficient (Wildman–Crippen LogP) is 11.6. The van der Waals surface area contributed by atoms with Gasteiger partial charge >= 0.3 is 0 Å². The maximum atomic E-state index is 12.8. The van der Waals surface area contributed by atoms with Crippen molar-refractivity contribution in [2.45, 2.75) is 35.7 Å². The lowest BCUT2D eigenvalue weighted by atomic mass is 9.79. The third-order valence-corrected chi connectivity index (χ3v) is 12.1. The number of hydrogen-bond donors (Lipinski definition) is 1. The Balaban J connectivity index is 1.21. The van der Waals surface area contributed by atoms with Crippen LogP contribution in [0.2, 0.25) is 15.3 Å². The molecule has 1 saturated heterocycles. The van der Waals surface area contributed by atoms with Crippen LogP contribution in [0.5, 0.6) is 0 Å². The minimum Gasteiger partial charge on any atom is -0.387 e. The summed E-state index contributed by atoms with van der Waals surface area (Å²) in [5.74, 6) is 0. The third kappa shape index (κ3) is 7.15. The predicted molar refractivity (Wildman–Crippen MR) is 234 cm³/mol. The van der Waals surface area contributed by atoms with Gasteiger partial charge in [-0.3, -0.25) is 4.57 Å². The summed E-state index contributed by atoms with van der Waals surface area (Å²) >= 11 is 20.1. The van der Waals surface area contributed by atoms with Gasteiger partial charge in [-0.15, -0.1) is 0 Å². The molecule has 9 heteroatoms. The summed E-state index contributed by atoms with van der Waals surface area (Å²) in [6.45, 7) is -0.0396. The molecular formula is C50H39Cl3N2O4. The molecule has 1 aliphatic heterocycles. The van der Waals surface area contributed by atoms with Gasteiger partial charge in [0.1, 0.15) is 29.5 Å². The molecule has 294 valence electrons. The summed E-state index contributed by atoms with van der Waals surface area (Å²) in [6, 6.07) is 63.7. The number of aliphatic hydroxyl groups is 1. The Hall–Kier alpha value is -5.28. The van der Waals surface area contributed by atoms with Crippen molar-refractivity contribution in [3.63, 3.8) is 0 Å². The molecule has 1 fully saturated rings. The van der Waals surface area contributed by atoms with Crippen molar-refractivity contribution >= 4 is 45.8 Å². The molecule has 0 bridgehead atoms. The molecule has 0 amide bonds. The lowest BCUT2D eigenvalue weighted by molar-refractivity contribution is -0.122. The van der Waals surface area contributed by atoms with Crippen LogP contribution in [-0.4, -0.2) is 39.6 Å². The molecule has 0 aliphatic carbocycles. The second-order valence-corrected chi connectivity index (χ2v) is 15.7. The number of halogens is 3. The highest BCUT2D eigenvalue weighted by atomic mass is 35.5. The van der Waals surface area contributed by atoms with E-state index >= 15 is 0 Å². The molecular weight excluding hydrogens is 799 g/mol. The summed E-state index contributed by atoms with van der Waals surface area (Å²) in [5, 5.41) is 13.6. The Kier molecular flexibility index (Phi) is 11.1. The van der Waals surface area contributed by atoms with E-state index in [1.807, 2.05) is 146 Å². The van der Waals surface area contributed by atoms with Crippen LogP contribution >= 0.6 is 34.8 Å². The first-order chi connectivity index (χ1) is 28.9. The zero-order valence-corrected chi connectivity index (χ0v) is 34.0. The maximum absolute atomic E-state index is 12.8. The van der Waals surface area contributed by atoms with Crippen molar-refractivity contribution in [3.05, 3.63) is 243 Å². The van der Waals surface area contributed by atoms with Gasteiger partial charge in [0.15, 0.2) is 6.23 Å². The van der Waals surface area contributed by atoms with Gasteiger partial charge in [-0.25, -0.2) is 4.98 Å². The van der Waals surface area contributed by atoms with Gasteiger partial charge in [-0.05, 0) is 57.1 Å². The molecule has 1 aliphatic rings. The highest BCUT2D eigenvalue weighted by Crippen LogP contribution is 2.48. The third-order valence-electron chi connectivity index (χ3n) is 11.1.